The molecular formula is C25H28FN3O3. The molecule has 168 valence electrons. The predicted octanol–water partition coefficient (Wildman–Crippen LogP) is 3.97. The Labute approximate surface area is 187 Å². The fourth-order valence-electron chi connectivity index (χ4n) is 4.98. The maximum absolute atomic E-state index is 13.5. The van der Waals surface area contributed by atoms with Gasteiger partial charge in [0.05, 0.1) is 6.04 Å². The molecule has 0 bridgehead atoms. The second kappa shape index (κ2) is 8.73. The van der Waals surface area contributed by atoms with E-state index in [2.05, 4.69) is 0 Å². The summed E-state index contributed by atoms with van der Waals surface area (Å²) in [5.41, 5.74) is 0.785. The van der Waals surface area contributed by atoms with Crippen molar-refractivity contribution in [3.8, 4) is 0 Å². The maximum Gasteiger partial charge on any atom is 0.327 e. The van der Waals surface area contributed by atoms with Crippen LogP contribution in [0.4, 0.5) is 9.18 Å². The molecule has 1 heterocycles. The van der Waals surface area contributed by atoms with Gasteiger partial charge in [-0.2, -0.15) is 0 Å². The van der Waals surface area contributed by atoms with E-state index in [-0.39, 0.29) is 24.2 Å². The number of urea groups is 1. The lowest BCUT2D eigenvalue weighted by Crippen LogP contribution is -2.49. The van der Waals surface area contributed by atoms with Crippen molar-refractivity contribution in [1.29, 1.82) is 0 Å². The average molecular weight is 438 g/mol. The molecule has 1 saturated carbocycles. The van der Waals surface area contributed by atoms with E-state index in [0.29, 0.717) is 12.8 Å². The lowest BCUT2D eigenvalue weighted by Gasteiger charge is -2.35. The number of imide groups is 1. The van der Waals surface area contributed by atoms with E-state index in [9.17, 15) is 18.8 Å². The smallest absolute Gasteiger partial charge is 0.327 e. The normalized spacial score (nSPS) is 18.8. The third-order valence-electron chi connectivity index (χ3n) is 6.86. The maximum atomic E-state index is 13.5. The van der Waals surface area contributed by atoms with Gasteiger partial charge >= 0.3 is 6.03 Å². The van der Waals surface area contributed by atoms with E-state index >= 15 is 0 Å². The molecule has 1 atom stereocenters. The number of nitrogens with zero attached hydrogens (tertiary/aromatic N) is 3. The number of carbonyl (C=O) groups is 3. The molecule has 1 spiro atoms. The summed E-state index contributed by atoms with van der Waals surface area (Å²) < 4.78 is 13.5. The molecule has 32 heavy (non-hydrogen) atoms. The van der Waals surface area contributed by atoms with Gasteiger partial charge in [0.25, 0.3) is 5.91 Å². The van der Waals surface area contributed by atoms with Crippen molar-refractivity contribution in [3.05, 3.63) is 71.5 Å². The minimum absolute atomic E-state index is 0.274. The molecule has 6 nitrogen and oxygen atoms in total. The first-order chi connectivity index (χ1) is 15.3. The molecule has 1 saturated heterocycles. The standard InChI is InChI=1S/C25H28FN3O3/c1-27(22(18-9-5-3-6-10-18)19-11-13-20(26)14-12-19)21(30)17-29-23(31)25(28(2)24(29)32)15-7-4-8-16-25/h3,5-6,9-14,22H,4,7-8,15-17H2,1-2H3. The predicted molar refractivity (Wildman–Crippen MR) is 118 cm³/mol. The van der Waals surface area contributed by atoms with Gasteiger partial charge in [-0.05, 0) is 36.1 Å². The van der Waals surface area contributed by atoms with Crippen molar-refractivity contribution < 1.29 is 18.8 Å². The Morgan fingerprint density at radius 1 is 1.00 bits per heavy atom. The van der Waals surface area contributed by atoms with E-state index in [1.54, 1.807) is 26.2 Å². The number of rotatable bonds is 5. The number of hydrogen-bond donors (Lipinski definition) is 0. The summed E-state index contributed by atoms with van der Waals surface area (Å²) in [7, 11) is 3.31. The van der Waals surface area contributed by atoms with Crippen LogP contribution < -0.4 is 0 Å². The first-order valence-corrected chi connectivity index (χ1v) is 11.0. The van der Waals surface area contributed by atoms with Gasteiger partial charge in [0.15, 0.2) is 0 Å². The summed E-state index contributed by atoms with van der Waals surface area (Å²) in [5, 5.41) is 0. The van der Waals surface area contributed by atoms with Crippen molar-refractivity contribution in [2.24, 2.45) is 0 Å². The monoisotopic (exact) mass is 437 g/mol. The fraction of sp³-hybridized carbons (Fsp3) is 0.400. The van der Waals surface area contributed by atoms with Crippen LogP contribution in [0.15, 0.2) is 54.6 Å². The van der Waals surface area contributed by atoms with Crippen LogP contribution >= 0.6 is 0 Å². The van der Waals surface area contributed by atoms with Crippen LogP contribution in [-0.4, -0.2) is 58.7 Å². The molecule has 2 aliphatic rings. The second-order valence-electron chi connectivity index (χ2n) is 8.69. The number of amides is 4. The van der Waals surface area contributed by atoms with Crippen molar-refractivity contribution in [2.75, 3.05) is 20.6 Å². The summed E-state index contributed by atoms with van der Waals surface area (Å²) in [5.74, 6) is -0.987. The molecule has 1 unspecified atom stereocenters. The topological polar surface area (TPSA) is 60.9 Å². The Morgan fingerprint density at radius 2 is 1.59 bits per heavy atom. The number of carbonyl (C=O) groups excluding carboxylic acids is 3. The van der Waals surface area contributed by atoms with Gasteiger partial charge < -0.3 is 9.80 Å². The van der Waals surface area contributed by atoms with Crippen LogP contribution in [0.3, 0.4) is 0 Å². The zero-order valence-corrected chi connectivity index (χ0v) is 18.5. The highest BCUT2D eigenvalue weighted by Crippen LogP contribution is 2.39. The van der Waals surface area contributed by atoms with Crippen molar-refractivity contribution in [2.45, 2.75) is 43.7 Å². The molecule has 7 heteroatoms. The lowest BCUT2D eigenvalue weighted by atomic mass is 9.81. The van der Waals surface area contributed by atoms with E-state index in [1.807, 2.05) is 30.3 Å². The van der Waals surface area contributed by atoms with Gasteiger partial charge in [0, 0.05) is 14.1 Å². The first kappa shape index (κ1) is 22.0. The van der Waals surface area contributed by atoms with Crippen LogP contribution in [0, 0.1) is 5.82 Å². The molecule has 4 rings (SSSR count). The number of likely N-dealkylation sites (N-methyl/N-ethyl adjacent to an activating group) is 2. The third-order valence-corrected chi connectivity index (χ3v) is 6.86. The van der Waals surface area contributed by atoms with E-state index < -0.39 is 17.6 Å². The molecular weight excluding hydrogens is 409 g/mol. The fourth-order valence-corrected chi connectivity index (χ4v) is 4.98. The lowest BCUT2D eigenvalue weighted by molar-refractivity contribution is -0.140. The van der Waals surface area contributed by atoms with Crippen LogP contribution in [-0.2, 0) is 9.59 Å². The van der Waals surface area contributed by atoms with Crippen molar-refractivity contribution in [1.82, 2.24) is 14.7 Å². The number of benzene rings is 2. The molecule has 1 aliphatic heterocycles. The van der Waals surface area contributed by atoms with Crippen LogP contribution in [0.5, 0.6) is 0 Å². The molecule has 2 aromatic carbocycles. The third kappa shape index (κ3) is 3.76. The summed E-state index contributed by atoms with van der Waals surface area (Å²) in [6, 6.07) is 14.5. The molecule has 2 aromatic rings. The Morgan fingerprint density at radius 3 is 2.22 bits per heavy atom. The largest absolute Gasteiger partial charge is 0.333 e. The Hall–Kier alpha value is -3.22. The molecule has 4 amide bonds. The van der Waals surface area contributed by atoms with Crippen LogP contribution in [0.25, 0.3) is 0 Å². The minimum atomic E-state index is -0.816. The number of halogens is 1. The van der Waals surface area contributed by atoms with Gasteiger partial charge in [-0.15, -0.1) is 0 Å². The van der Waals surface area contributed by atoms with E-state index in [4.69, 9.17) is 0 Å². The SMILES string of the molecule is CN(C(=O)CN1C(=O)N(C)C2(CCCCC2)C1=O)C(c1ccccc1)c1ccc(F)cc1. The Bertz CT molecular complexity index is 1000. The van der Waals surface area contributed by atoms with Gasteiger partial charge in [-0.1, -0.05) is 61.7 Å². The molecule has 2 fully saturated rings. The first-order valence-electron chi connectivity index (χ1n) is 11.0. The van der Waals surface area contributed by atoms with Crippen molar-refractivity contribution >= 4 is 17.8 Å². The summed E-state index contributed by atoms with van der Waals surface area (Å²) in [4.78, 5) is 43.6. The Balaban J connectivity index is 1.59. The average Bonchev–Trinajstić information content (AvgIpc) is 2.98. The van der Waals surface area contributed by atoms with Gasteiger partial charge in [0.1, 0.15) is 17.9 Å². The molecule has 1 aliphatic carbocycles. The number of hydrogen-bond acceptors (Lipinski definition) is 3. The zero-order chi connectivity index (χ0) is 22.9. The quantitative estimate of drug-likeness (QED) is 0.665. The van der Waals surface area contributed by atoms with E-state index in [0.717, 1.165) is 35.3 Å². The van der Waals surface area contributed by atoms with Gasteiger partial charge in [-0.25, -0.2) is 9.18 Å². The van der Waals surface area contributed by atoms with Gasteiger partial charge in [-0.3, -0.25) is 14.5 Å². The highest BCUT2D eigenvalue weighted by molar-refractivity contribution is 6.09. The molecule has 0 radical (unpaired) electrons. The van der Waals surface area contributed by atoms with Gasteiger partial charge in [0.2, 0.25) is 5.91 Å². The van der Waals surface area contributed by atoms with Crippen LogP contribution in [0.1, 0.15) is 49.3 Å². The highest BCUT2D eigenvalue weighted by Gasteiger charge is 2.56. The summed E-state index contributed by atoms with van der Waals surface area (Å²) in [6.45, 7) is -0.315. The minimum Gasteiger partial charge on any atom is -0.333 e. The zero-order valence-electron chi connectivity index (χ0n) is 18.5. The Kier molecular flexibility index (Phi) is 6.00. The van der Waals surface area contributed by atoms with Crippen molar-refractivity contribution in [3.63, 3.8) is 0 Å². The molecule has 0 aromatic heterocycles. The second-order valence-corrected chi connectivity index (χ2v) is 8.69. The van der Waals surface area contributed by atoms with Crippen LogP contribution in [0.2, 0.25) is 0 Å². The van der Waals surface area contributed by atoms with E-state index in [1.165, 1.54) is 21.9 Å². The highest BCUT2D eigenvalue weighted by atomic mass is 19.1. The molecule has 0 N–H and O–H groups in total. The summed E-state index contributed by atoms with van der Waals surface area (Å²) >= 11 is 0. The summed E-state index contributed by atoms with van der Waals surface area (Å²) in [6.07, 6.45) is 4.11.